The van der Waals surface area contributed by atoms with Gasteiger partial charge in [0.2, 0.25) is 11.8 Å². The molecule has 1 fully saturated rings. The van der Waals surface area contributed by atoms with Crippen LogP contribution < -0.4 is 10.6 Å². The van der Waals surface area contributed by atoms with Gasteiger partial charge >= 0.3 is 0 Å². The minimum absolute atomic E-state index is 0.00632. The highest BCUT2D eigenvalue weighted by Gasteiger charge is 2.26. The average Bonchev–Trinajstić information content (AvgIpc) is 3.10. The van der Waals surface area contributed by atoms with Crippen molar-refractivity contribution in [3.8, 4) is 0 Å². The van der Waals surface area contributed by atoms with Crippen molar-refractivity contribution in [2.24, 2.45) is 11.8 Å². The number of piperidine rings is 1. The molecular formula is C20H33N3O2S. The Morgan fingerprint density at radius 3 is 2.54 bits per heavy atom. The van der Waals surface area contributed by atoms with Gasteiger partial charge in [-0.15, -0.1) is 11.3 Å². The van der Waals surface area contributed by atoms with E-state index in [1.807, 2.05) is 17.5 Å². The Labute approximate surface area is 161 Å². The van der Waals surface area contributed by atoms with Gasteiger partial charge in [0.1, 0.15) is 0 Å². The van der Waals surface area contributed by atoms with Gasteiger partial charge in [0.25, 0.3) is 0 Å². The highest BCUT2D eigenvalue weighted by Crippen LogP contribution is 2.23. The second-order valence-electron chi connectivity index (χ2n) is 7.81. The van der Waals surface area contributed by atoms with Crippen LogP contribution in [0.1, 0.15) is 57.9 Å². The van der Waals surface area contributed by atoms with Crippen molar-refractivity contribution in [1.29, 1.82) is 0 Å². The van der Waals surface area contributed by atoms with E-state index in [2.05, 4.69) is 36.3 Å². The number of likely N-dealkylation sites (tertiary alicyclic amines) is 1. The monoisotopic (exact) mass is 379 g/mol. The Hall–Kier alpha value is -1.40. The fourth-order valence-corrected chi connectivity index (χ4v) is 4.36. The summed E-state index contributed by atoms with van der Waals surface area (Å²) >= 11 is 1.56. The lowest BCUT2D eigenvalue weighted by molar-refractivity contribution is -0.123. The van der Waals surface area contributed by atoms with E-state index in [0.717, 1.165) is 23.9 Å². The molecule has 2 rings (SSSR count). The van der Waals surface area contributed by atoms with Crippen molar-refractivity contribution in [3.05, 3.63) is 22.4 Å². The maximum atomic E-state index is 12.5. The number of thiophene rings is 1. The van der Waals surface area contributed by atoms with Gasteiger partial charge in [-0.25, -0.2) is 0 Å². The maximum absolute atomic E-state index is 12.5. The molecule has 1 aliphatic heterocycles. The van der Waals surface area contributed by atoms with Gasteiger partial charge in [-0.2, -0.15) is 0 Å². The molecule has 6 heteroatoms. The minimum atomic E-state index is -0.249. The van der Waals surface area contributed by atoms with Crippen LogP contribution in [-0.4, -0.2) is 42.4 Å². The summed E-state index contributed by atoms with van der Waals surface area (Å²) in [5.74, 6) is 1.18. The average molecular weight is 380 g/mol. The summed E-state index contributed by atoms with van der Waals surface area (Å²) in [6.07, 6.45) is 2.75. The largest absolute Gasteiger partial charge is 0.354 e. The minimum Gasteiger partial charge on any atom is -0.354 e. The Morgan fingerprint density at radius 1 is 1.31 bits per heavy atom. The maximum Gasteiger partial charge on any atom is 0.222 e. The standard InChI is InChI=1S/C20H33N3O2S/c1-14(2)18(23-9-7-15(3)8-10-23)13-21-20(25)12-17(22-16(4)24)19-6-5-11-26-19/h5-6,11,14-15,17-18H,7-10,12-13H2,1-4H3,(H,21,25)(H,22,24). The van der Waals surface area contributed by atoms with E-state index in [1.165, 1.54) is 19.8 Å². The number of carbonyl (C=O) groups is 2. The third-order valence-electron chi connectivity index (χ3n) is 5.22. The molecule has 0 aliphatic carbocycles. The zero-order valence-corrected chi connectivity index (χ0v) is 17.3. The fourth-order valence-electron chi connectivity index (χ4n) is 3.58. The van der Waals surface area contributed by atoms with E-state index in [-0.39, 0.29) is 24.3 Å². The predicted molar refractivity (Wildman–Crippen MR) is 107 cm³/mol. The molecule has 2 atom stereocenters. The number of hydrogen-bond acceptors (Lipinski definition) is 4. The molecule has 0 saturated carbocycles. The SMILES string of the molecule is CC(=O)NC(CC(=O)NCC(C(C)C)N1CCC(C)CC1)c1cccs1. The van der Waals surface area contributed by atoms with Crippen LogP contribution in [0.2, 0.25) is 0 Å². The van der Waals surface area contributed by atoms with E-state index in [4.69, 9.17) is 0 Å². The summed E-state index contributed by atoms with van der Waals surface area (Å²) in [7, 11) is 0. The molecule has 1 aliphatic rings. The molecule has 2 N–H and O–H groups in total. The van der Waals surface area contributed by atoms with Crippen LogP contribution in [-0.2, 0) is 9.59 Å². The summed E-state index contributed by atoms with van der Waals surface area (Å²) in [6.45, 7) is 11.2. The molecule has 2 heterocycles. The van der Waals surface area contributed by atoms with Crippen molar-refractivity contribution in [3.63, 3.8) is 0 Å². The number of amides is 2. The van der Waals surface area contributed by atoms with E-state index in [1.54, 1.807) is 11.3 Å². The molecule has 1 aromatic rings. The molecule has 2 unspecified atom stereocenters. The Balaban J connectivity index is 1.89. The molecule has 0 bridgehead atoms. The highest BCUT2D eigenvalue weighted by molar-refractivity contribution is 7.10. The number of hydrogen-bond donors (Lipinski definition) is 2. The molecule has 0 aromatic carbocycles. The van der Waals surface area contributed by atoms with E-state index in [0.29, 0.717) is 18.5 Å². The fraction of sp³-hybridized carbons (Fsp3) is 0.700. The van der Waals surface area contributed by atoms with Crippen LogP contribution in [0.5, 0.6) is 0 Å². The van der Waals surface area contributed by atoms with Crippen molar-refractivity contribution in [2.75, 3.05) is 19.6 Å². The van der Waals surface area contributed by atoms with Crippen LogP contribution in [0.25, 0.3) is 0 Å². The lowest BCUT2D eigenvalue weighted by Crippen LogP contribution is -2.50. The smallest absolute Gasteiger partial charge is 0.222 e. The molecule has 0 radical (unpaired) electrons. The summed E-state index contributed by atoms with van der Waals surface area (Å²) < 4.78 is 0. The summed E-state index contributed by atoms with van der Waals surface area (Å²) in [6, 6.07) is 4.02. The van der Waals surface area contributed by atoms with Crippen LogP contribution >= 0.6 is 11.3 Å². The predicted octanol–water partition coefficient (Wildman–Crippen LogP) is 3.19. The highest BCUT2D eigenvalue weighted by atomic mass is 32.1. The van der Waals surface area contributed by atoms with Gasteiger partial charge in [0.15, 0.2) is 0 Å². The number of nitrogens with one attached hydrogen (secondary N) is 2. The van der Waals surface area contributed by atoms with Crippen molar-refractivity contribution in [1.82, 2.24) is 15.5 Å². The molecule has 1 aromatic heterocycles. The van der Waals surface area contributed by atoms with Crippen LogP contribution in [0, 0.1) is 11.8 Å². The molecule has 5 nitrogen and oxygen atoms in total. The normalized spacial score (nSPS) is 18.5. The van der Waals surface area contributed by atoms with Crippen molar-refractivity contribution < 1.29 is 9.59 Å². The van der Waals surface area contributed by atoms with Crippen LogP contribution in [0.15, 0.2) is 17.5 Å². The first-order valence-electron chi connectivity index (χ1n) is 9.68. The quantitative estimate of drug-likeness (QED) is 0.729. The summed E-state index contributed by atoms with van der Waals surface area (Å²) in [4.78, 5) is 27.5. The molecule has 0 spiro atoms. The van der Waals surface area contributed by atoms with Gasteiger partial charge in [-0.1, -0.05) is 26.8 Å². The zero-order chi connectivity index (χ0) is 19.1. The Morgan fingerprint density at radius 2 is 2.00 bits per heavy atom. The first kappa shape index (κ1) is 20.9. The number of rotatable bonds is 8. The van der Waals surface area contributed by atoms with Crippen LogP contribution in [0.3, 0.4) is 0 Å². The summed E-state index contributed by atoms with van der Waals surface area (Å²) in [5.41, 5.74) is 0. The lowest BCUT2D eigenvalue weighted by atomic mass is 9.94. The number of carbonyl (C=O) groups excluding carboxylic acids is 2. The van der Waals surface area contributed by atoms with Gasteiger partial charge in [0, 0.05) is 24.4 Å². The van der Waals surface area contributed by atoms with Gasteiger partial charge < -0.3 is 10.6 Å². The van der Waals surface area contributed by atoms with E-state index < -0.39 is 0 Å². The van der Waals surface area contributed by atoms with Gasteiger partial charge in [-0.05, 0) is 49.2 Å². The van der Waals surface area contributed by atoms with E-state index >= 15 is 0 Å². The molecule has 2 amide bonds. The molecule has 26 heavy (non-hydrogen) atoms. The van der Waals surface area contributed by atoms with Crippen LogP contribution in [0.4, 0.5) is 0 Å². The number of nitrogens with zero attached hydrogens (tertiary/aromatic N) is 1. The lowest BCUT2D eigenvalue weighted by Gasteiger charge is -2.39. The second-order valence-corrected chi connectivity index (χ2v) is 8.79. The Kier molecular flexibility index (Phi) is 8.10. The van der Waals surface area contributed by atoms with Crippen molar-refractivity contribution in [2.45, 2.75) is 59.0 Å². The topological polar surface area (TPSA) is 61.4 Å². The molecule has 1 saturated heterocycles. The Bertz CT molecular complexity index is 566. The van der Waals surface area contributed by atoms with Gasteiger partial charge in [-0.3, -0.25) is 14.5 Å². The molecular weight excluding hydrogens is 346 g/mol. The van der Waals surface area contributed by atoms with Gasteiger partial charge in [0.05, 0.1) is 12.5 Å². The first-order valence-corrected chi connectivity index (χ1v) is 10.6. The third-order valence-corrected chi connectivity index (χ3v) is 6.20. The second kappa shape index (κ2) is 10.1. The molecule has 146 valence electrons. The third kappa shape index (κ3) is 6.40. The van der Waals surface area contributed by atoms with E-state index in [9.17, 15) is 9.59 Å². The zero-order valence-electron chi connectivity index (χ0n) is 16.5. The summed E-state index contributed by atoms with van der Waals surface area (Å²) in [5, 5.41) is 7.97. The first-order chi connectivity index (χ1) is 12.4. The van der Waals surface area contributed by atoms with Crippen molar-refractivity contribution >= 4 is 23.2 Å².